The number of hydrogen-bond donors (Lipinski definition) is 2. The van der Waals surface area contributed by atoms with Crippen molar-refractivity contribution < 1.29 is 24.5 Å². The third-order valence-corrected chi connectivity index (χ3v) is 6.56. The highest BCUT2D eigenvalue weighted by molar-refractivity contribution is 7.11. The highest BCUT2D eigenvalue weighted by Crippen LogP contribution is 2.36. The van der Waals surface area contributed by atoms with Crippen molar-refractivity contribution in [3.05, 3.63) is 49.8 Å². The Morgan fingerprint density at radius 2 is 2.06 bits per heavy atom. The molecule has 9 nitrogen and oxygen atoms in total. The maximum absolute atomic E-state index is 12.8. The molecule has 2 aromatic heterocycles. The number of aromatic nitrogens is 2. The average molecular weight is 464 g/mol. The number of amides is 1. The van der Waals surface area contributed by atoms with Gasteiger partial charge in [-0.3, -0.25) is 4.79 Å². The SMILES string of the molecule is Cc1nc([C@H]([C@H]2CCCN(C(=O)OC(C)(C)C)C2)n2cc(C(=O)O)ccc2=O)sc1CO. The maximum Gasteiger partial charge on any atom is 0.410 e. The molecule has 1 amide bonds. The first-order valence-electron chi connectivity index (χ1n) is 10.5. The summed E-state index contributed by atoms with van der Waals surface area (Å²) >= 11 is 1.30. The minimum atomic E-state index is -1.14. The molecule has 1 aliphatic heterocycles. The molecular weight excluding hydrogens is 434 g/mol. The molecule has 3 heterocycles. The van der Waals surface area contributed by atoms with E-state index in [1.165, 1.54) is 34.2 Å². The van der Waals surface area contributed by atoms with Gasteiger partial charge in [0.2, 0.25) is 0 Å². The zero-order valence-corrected chi connectivity index (χ0v) is 19.5. The van der Waals surface area contributed by atoms with Crippen LogP contribution in [0.2, 0.25) is 0 Å². The van der Waals surface area contributed by atoms with Crippen LogP contribution >= 0.6 is 11.3 Å². The number of thiazole rings is 1. The number of carboxylic acids is 1. The molecule has 2 atom stereocenters. The van der Waals surface area contributed by atoms with Crippen molar-refractivity contribution in [3.8, 4) is 0 Å². The van der Waals surface area contributed by atoms with Gasteiger partial charge in [-0.1, -0.05) is 0 Å². The Morgan fingerprint density at radius 1 is 1.34 bits per heavy atom. The molecule has 10 heteroatoms. The number of piperidine rings is 1. The predicted molar refractivity (Wildman–Crippen MR) is 119 cm³/mol. The van der Waals surface area contributed by atoms with Crippen molar-refractivity contribution in [1.82, 2.24) is 14.5 Å². The van der Waals surface area contributed by atoms with Crippen molar-refractivity contribution in [2.45, 2.75) is 58.8 Å². The summed E-state index contributed by atoms with van der Waals surface area (Å²) in [5.74, 6) is -1.32. The molecule has 2 N–H and O–H groups in total. The van der Waals surface area contributed by atoms with Crippen LogP contribution in [0, 0.1) is 12.8 Å². The fraction of sp³-hybridized carbons (Fsp3) is 0.545. The highest BCUT2D eigenvalue weighted by Gasteiger charge is 2.35. The Bertz CT molecular complexity index is 1050. The van der Waals surface area contributed by atoms with E-state index in [9.17, 15) is 24.6 Å². The standard InChI is InChI=1S/C22H29N3O6S/c1-13-16(12-26)32-19(23-13)18(25-11-15(20(28)29)7-8-17(25)27)14-6-5-9-24(10-14)21(30)31-22(2,3)4/h7-8,11,14,18,26H,5-6,9-10,12H2,1-4H3,(H,28,29)/t14-,18-/m0/s1. The molecule has 0 radical (unpaired) electrons. The number of aromatic carboxylic acids is 1. The number of aliphatic hydroxyl groups excluding tert-OH is 1. The molecule has 3 rings (SSSR count). The van der Waals surface area contributed by atoms with Crippen LogP contribution in [-0.4, -0.2) is 55.4 Å². The van der Waals surface area contributed by atoms with Crippen LogP contribution in [0.3, 0.4) is 0 Å². The molecule has 1 fully saturated rings. The molecule has 0 spiro atoms. The van der Waals surface area contributed by atoms with Gasteiger partial charge in [-0.05, 0) is 46.6 Å². The molecule has 1 saturated heterocycles. The number of hydrogen-bond acceptors (Lipinski definition) is 7. The molecule has 32 heavy (non-hydrogen) atoms. The second-order valence-electron chi connectivity index (χ2n) is 8.96. The number of pyridine rings is 1. The summed E-state index contributed by atoms with van der Waals surface area (Å²) in [7, 11) is 0. The van der Waals surface area contributed by atoms with Crippen molar-refractivity contribution in [2.75, 3.05) is 13.1 Å². The fourth-order valence-electron chi connectivity index (χ4n) is 3.88. The third kappa shape index (κ3) is 5.36. The Morgan fingerprint density at radius 3 is 2.66 bits per heavy atom. The number of aryl methyl sites for hydroxylation is 1. The van der Waals surface area contributed by atoms with Crippen molar-refractivity contribution >= 4 is 23.4 Å². The zero-order valence-electron chi connectivity index (χ0n) is 18.7. The van der Waals surface area contributed by atoms with Gasteiger partial charge in [-0.25, -0.2) is 14.6 Å². The van der Waals surface area contributed by atoms with Crippen molar-refractivity contribution in [1.29, 1.82) is 0 Å². The summed E-state index contributed by atoms with van der Waals surface area (Å²) in [6, 6.07) is 1.94. The lowest BCUT2D eigenvalue weighted by Gasteiger charge is -2.37. The van der Waals surface area contributed by atoms with Crippen LogP contribution in [0.1, 0.15) is 65.6 Å². The van der Waals surface area contributed by atoms with Crippen LogP contribution in [0.15, 0.2) is 23.1 Å². The van der Waals surface area contributed by atoms with E-state index in [1.54, 1.807) is 32.6 Å². The Labute approximate surface area is 190 Å². The van der Waals surface area contributed by atoms with Crippen LogP contribution < -0.4 is 5.56 Å². The smallest absolute Gasteiger partial charge is 0.410 e. The number of aliphatic hydroxyl groups is 1. The quantitative estimate of drug-likeness (QED) is 0.699. The molecule has 0 aromatic carbocycles. The largest absolute Gasteiger partial charge is 0.478 e. The van der Waals surface area contributed by atoms with E-state index < -0.39 is 23.7 Å². The topological polar surface area (TPSA) is 122 Å². The van der Waals surface area contributed by atoms with E-state index in [1.807, 2.05) is 0 Å². The summed E-state index contributed by atoms with van der Waals surface area (Å²) in [4.78, 5) is 44.0. The first kappa shape index (κ1) is 23.9. The summed E-state index contributed by atoms with van der Waals surface area (Å²) in [5.41, 5.74) is -0.323. The van der Waals surface area contributed by atoms with E-state index in [2.05, 4.69) is 4.98 Å². The summed E-state index contributed by atoms with van der Waals surface area (Å²) in [6.45, 7) is 7.92. The lowest BCUT2D eigenvalue weighted by molar-refractivity contribution is 0.0143. The van der Waals surface area contributed by atoms with Gasteiger partial charge in [-0.15, -0.1) is 11.3 Å². The predicted octanol–water partition coefficient (Wildman–Crippen LogP) is 3.04. The van der Waals surface area contributed by atoms with E-state index in [0.29, 0.717) is 35.1 Å². The first-order valence-corrected chi connectivity index (χ1v) is 11.3. The number of nitrogens with zero attached hydrogens (tertiary/aromatic N) is 3. The van der Waals surface area contributed by atoms with Gasteiger partial charge in [0.05, 0.1) is 28.8 Å². The third-order valence-electron chi connectivity index (χ3n) is 5.35. The fourth-order valence-corrected chi connectivity index (χ4v) is 5.00. The lowest BCUT2D eigenvalue weighted by Crippen LogP contribution is -2.45. The number of carboxylic acid groups (broad SMARTS) is 1. The minimum absolute atomic E-state index is 0.00920. The average Bonchev–Trinajstić information content (AvgIpc) is 3.08. The maximum atomic E-state index is 12.8. The van der Waals surface area contributed by atoms with Gasteiger partial charge >= 0.3 is 12.1 Å². The Hall–Kier alpha value is -2.72. The lowest BCUT2D eigenvalue weighted by atomic mass is 9.90. The van der Waals surface area contributed by atoms with E-state index in [0.717, 1.165) is 6.42 Å². The normalized spacial score (nSPS) is 17.8. The van der Waals surface area contributed by atoms with Crippen molar-refractivity contribution in [3.63, 3.8) is 0 Å². The number of rotatable bonds is 5. The summed E-state index contributed by atoms with van der Waals surface area (Å²) in [5, 5.41) is 19.7. The molecule has 0 aliphatic carbocycles. The van der Waals surface area contributed by atoms with Crippen LogP contribution in [-0.2, 0) is 11.3 Å². The van der Waals surface area contributed by atoms with E-state index >= 15 is 0 Å². The van der Waals surface area contributed by atoms with Gasteiger partial charge < -0.3 is 24.4 Å². The molecule has 2 aromatic rings. The molecule has 1 aliphatic rings. The first-order chi connectivity index (χ1) is 15.0. The molecule has 174 valence electrons. The van der Waals surface area contributed by atoms with Gasteiger partial charge in [0.25, 0.3) is 5.56 Å². The number of carbonyl (C=O) groups excluding carboxylic acids is 1. The van der Waals surface area contributed by atoms with Crippen LogP contribution in [0.5, 0.6) is 0 Å². The van der Waals surface area contributed by atoms with Crippen molar-refractivity contribution in [2.24, 2.45) is 5.92 Å². The minimum Gasteiger partial charge on any atom is -0.478 e. The molecular formula is C22H29N3O6S. The van der Waals surface area contributed by atoms with Crippen LogP contribution in [0.25, 0.3) is 0 Å². The van der Waals surface area contributed by atoms with E-state index in [4.69, 9.17) is 4.74 Å². The van der Waals surface area contributed by atoms with E-state index in [-0.39, 0.29) is 23.6 Å². The Kier molecular flexibility index (Phi) is 7.04. The second-order valence-corrected chi connectivity index (χ2v) is 10.1. The Balaban J connectivity index is 2.03. The van der Waals surface area contributed by atoms with Gasteiger partial charge in [0.15, 0.2) is 0 Å². The summed E-state index contributed by atoms with van der Waals surface area (Å²) < 4.78 is 6.92. The molecule has 0 bridgehead atoms. The highest BCUT2D eigenvalue weighted by atomic mass is 32.1. The number of likely N-dealkylation sites (tertiary alicyclic amines) is 1. The molecule has 0 saturated carbocycles. The van der Waals surface area contributed by atoms with Crippen LogP contribution in [0.4, 0.5) is 4.79 Å². The zero-order chi connectivity index (χ0) is 23.6. The number of carbonyl (C=O) groups is 2. The van der Waals surface area contributed by atoms with Gasteiger partial charge in [0.1, 0.15) is 10.6 Å². The van der Waals surface area contributed by atoms with Gasteiger partial charge in [0, 0.05) is 31.3 Å². The monoisotopic (exact) mass is 463 g/mol. The molecule has 0 unspecified atom stereocenters. The second kappa shape index (κ2) is 9.41. The number of ether oxygens (including phenoxy) is 1. The summed E-state index contributed by atoms with van der Waals surface area (Å²) in [6.07, 6.45) is 2.35. The van der Waals surface area contributed by atoms with Gasteiger partial charge in [-0.2, -0.15) is 0 Å².